The van der Waals surface area contributed by atoms with Crippen molar-refractivity contribution in [2.24, 2.45) is 0 Å². The summed E-state index contributed by atoms with van der Waals surface area (Å²) in [6, 6.07) is 8.31. The van der Waals surface area contributed by atoms with Crippen molar-refractivity contribution in [2.45, 2.75) is 11.6 Å². The summed E-state index contributed by atoms with van der Waals surface area (Å²) >= 11 is -2.40. The van der Waals surface area contributed by atoms with Crippen LogP contribution in [0, 0.1) is 0 Å². The molecule has 0 aliphatic heterocycles. The highest BCUT2D eigenvalue weighted by atomic mass is 35.6. The number of hydrogen-bond acceptors (Lipinski definition) is 0. The summed E-state index contributed by atoms with van der Waals surface area (Å²) < 4.78 is 2.65. The minimum absolute atomic E-state index is 1.20. The summed E-state index contributed by atoms with van der Waals surface area (Å²) in [6.45, 7) is 0. The van der Waals surface area contributed by atoms with Crippen molar-refractivity contribution >= 4 is 55.4 Å². The second-order valence-electron chi connectivity index (χ2n) is 2.86. The molecule has 0 saturated heterocycles. The Morgan fingerprint density at radius 1 is 0.917 bits per heavy atom. The van der Waals surface area contributed by atoms with Gasteiger partial charge in [0.1, 0.15) is 0 Å². The van der Waals surface area contributed by atoms with Gasteiger partial charge in [-0.05, 0) is 0 Å². The molecule has 4 heteroatoms. The average molecular weight is 231 g/mol. The molecule has 0 bridgehead atoms. The van der Waals surface area contributed by atoms with Crippen LogP contribution in [-0.4, -0.2) is 26.5 Å². The molecule has 0 aliphatic rings. The highest BCUT2D eigenvalue weighted by Gasteiger charge is 2.19. The maximum atomic E-state index is 6.15. The van der Waals surface area contributed by atoms with E-state index >= 15 is 0 Å². The van der Waals surface area contributed by atoms with Gasteiger partial charge in [-0.15, -0.1) is 8.85 Å². The minimum Gasteiger partial charge on any atom is -0.254 e. The van der Waals surface area contributed by atoms with Gasteiger partial charge >= 0.3 is 26.5 Å². The molecule has 0 saturated carbocycles. The minimum atomic E-state index is -1.20. The molecule has 0 atom stereocenters. The number of hydrogen-bond donors (Lipinski definition) is 0. The molecule has 0 aliphatic carbocycles. The van der Waals surface area contributed by atoms with Crippen molar-refractivity contribution in [3.8, 4) is 0 Å². The molecule has 1 aromatic rings. The van der Waals surface area contributed by atoms with Crippen molar-refractivity contribution in [3.63, 3.8) is 0 Å². The van der Waals surface area contributed by atoms with Gasteiger partial charge in [-0.3, -0.25) is 20.1 Å². The lowest BCUT2D eigenvalue weighted by Gasteiger charge is -2.07. The normalized spacial score (nSPS) is 9.67. The van der Waals surface area contributed by atoms with Crippen LogP contribution >= 0.6 is 20.1 Å². The Morgan fingerprint density at radius 3 is 1.50 bits per heavy atom. The molecule has 0 aromatic heterocycles. The lowest BCUT2D eigenvalue weighted by molar-refractivity contribution is 1.80. The van der Waals surface area contributed by atoms with E-state index in [1.165, 1.54) is 8.85 Å². The van der Waals surface area contributed by atoms with Crippen LogP contribution in [0.1, 0.15) is 0 Å². The van der Waals surface area contributed by atoms with Crippen molar-refractivity contribution in [1.82, 2.24) is 0 Å². The molecule has 0 fully saturated rings. The van der Waals surface area contributed by atoms with Gasteiger partial charge < -0.3 is 0 Å². The number of rotatable bonds is 2. The van der Waals surface area contributed by atoms with Crippen LogP contribution in [0.2, 0.25) is 11.6 Å². The van der Waals surface area contributed by atoms with Gasteiger partial charge in [-0.25, -0.2) is 0 Å². The SMILES string of the molecule is [CH3][Al]([Cl])[c]1cccc[c]1[Al]([CH3])[Cl]. The van der Waals surface area contributed by atoms with Crippen molar-refractivity contribution in [1.29, 1.82) is 0 Å². The van der Waals surface area contributed by atoms with Crippen LogP contribution in [0.15, 0.2) is 24.3 Å². The molecule has 0 heterocycles. The second kappa shape index (κ2) is 4.92. The fourth-order valence-electron chi connectivity index (χ4n) is 1.24. The molecule has 0 nitrogen and oxygen atoms in total. The zero-order chi connectivity index (χ0) is 9.14. The first-order valence-electron chi connectivity index (χ1n) is 4.00. The van der Waals surface area contributed by atoms with E-state index in [1.54, 1.807) is 0 Å². The predicted octanol–water partition coefficient (Wildman–Crippen LogP) is 1.82. The first-order valence-corrected chi connectivity index (χ1v) is 11.0. The zero-order valence-electron chi connectivity index (χ0n) is 7.22. The third-order valence-electron chi connectivity index (χ3n) is 1.85. The van der Waals surface area contributed by atoms with Gasteiger partial charge in [0.25, 0.3) is 0 Å². The number of benzene rings is 1. The summed E-state index contributed by atoms with van der Waals surface area (Å²) in [5, 5.41) is 0. The Kier molecular flexibility index (Phi) is 4.49. The zero-order valence-corrected chi connectivity index (χ0v) is 11.0. The smallest absolute Gasteiger partial charge is 0.254 e. The third kappa shape index (κ3) is 2.68. The highest BCUT2D eigenvalue weighted by molar-refractivity contribution is 7.19. The summed E-state index contributed by atoms with van der Waals surface area (Å²) in [5.41, 5.74) is 0. The summed E-state index contributed by atoms with van der Waals surface area (Å²) in [6.07, 6.45) is 0. The molecule has 1 rings (SSSR count). The fourth-order valence-corrected chi connectivity index (χ4v) is 6.43. The molecule has 0 radical (unpaired) electrons. The highest BCUT2D eigenvalue weighted by Crippen LogP contribution is 1.95. The maximum absolute atomic E-state index is 6.15. The van der Waals surface area contributed by atoms with E-state index in [4.69, 9.17) is 20.1 Å². The fraction of sp³-hybridized carbons (Fsp3) is 0.250. The Bertz CT molecular complexity index is 234. The molecule has 0 N–H and O–H groups in total. The summed E-state index contributed by atoms with van der Waals surface area (Å²) in [7, 11) is 12.3. The Labute approximate surface area is 90.7 Å². The van der Waals surface area contributed by atoms with Crippen LogP contribution in [0.5, 0.6) is 0 Å². The van der Waals surface area contributed by atoms with Crippen molar-refractivity contribution in [2.75, 3.05) is 0 Å². The van der Waals surface area contributed by atoms with E-state index in [9.17, 15) is 0 Å². The molecule has 0 spiro atoms. The van der Waals surface area contributed by atoms with Gasteiger partial charge in [0.05, 0.1) is 0 Å². The topological polar surface area (TPSA) is 0 Å². The van der Waals surface area contributed by atoms with Crippen molar-refractivity contribution < 1.29 is 0 Å². The first-order chi connectivity index (χ1) is 5.63. The van der Waals surface area contributed by atoms with Crippen LogP contribution < -0.4 is 8.85 Å². The van der Waals surface area contributed by atoms with E-state index in [0.717, 1.165) is 0 Å². The van der Waals surface area contributed by atoms with Gasteiger partial charge in [0.2, 0.25) is 0 Å². The molecular formula is C8H10Al2Cl2. The standard InChI is InChI=1S/C6H4.2CH3.2Al.2ClH/c1-2-4-6-5-3-1;;;;;;/h1-4H;2*1H3;;;2*1H/q;;;2*+1;;/p-2. The van der Waals surface area contributed by atoms with Crippen LogP contribution in [0.3, 0.4) is 0 Å². The van der Waals surface area contributed by atoms with Crippen molar-refractivity contribution in [3.05, 3.63) is 24.3 Å². The van der Waals surface area contributed by atoms with E-state index in [0.29, 0.717) is 0 Å². The van der Waals surface area contributed by atoms with E-state index in [-0.39, 0.29) is 0 Å². The lowest BCUT2D eigenvalue weighted by Crippen LogP contribution is -2.41. The third-order valence-corrected chi connectivity index (χ3v) is 6.36. The van der Waals surface area contributed by atoms with Gasteiger partial charge in [-0.2, -0.15) is 0 Å². The Balaban J connectivity index is 3.09. The summed E-state index contributed by atoms with van der Waals surface area (Å²) in [4.78, 5) is 0. The largest absolute Gasteiger partial charge is 0.432 e. The maximum Gasteiger partial charge on any atom is 0.432 e. The van der Waals surface area contributed by atoms with Crippen LogP contribution in [-0.2, 0) is 0 Å². The monoisotopic (exact) mass is 230 g/mol. The van der Waals surface area contributed by atoms with Gasteiger partial charge in [0.15, 0.2) is 0 Å². The summed E-state index contributed by atoms with van der Waals surface area (Å²) in [5.74, 6) is 4.24. The van der Waals surface area contributed by atoms with Crippen LogP contribution in [0.4, 0.5) is 0 Å². The number of halogens is 2. The molecule has 12 heavy (non-hydrogen) atoms. The van der Waals surface area contributed by atoms with E-state index < -0.39 is 26.5 Å². The average Bonchev–Trinajstić information content (AvgIpc) is 2.04. The second-order valence-corrected chi connectivity index (χ2v) is 10.5. The molecule has 0 amide bonds. The van der Waals surface area contributed by atoms with Crippen LogP contribution in [0.25, 0.3) is 0 Å². The first kappa shape index (κ1) is 10.9. The van der Waals surface area contributed by atoms with Gasteiger partial charge in [0, 0.05) is 0 Å². The molecule has 1 aromatic carbocycles. The molecular weight excluding hydrogens is 221 g/mol. The van der Waals surface area contributed by atoms with E-state index in [1.807, 2.05) is 12.1 Å². The molecule has 62 valence electrons. The Hall–Kier alpha value is 0.865. The molecule has 0 unspecified atom stereocenters. The van der Waals surface area contributed by atoms with E-state index in [2.05, 4.69) is 23.7 Å². The lowest BCUT2D eigenvalue weighted by atomic mass is 10.4. The quantitative estimate of drug-likeness (QED) is 0.681. The Morgan fingerprint density at radius 2 is 1.25 bits per heavy atom. The predicted molar refractivity (Wildman–Crippen MR) is 60.7 cm³/mol. The van der Waals surface area contributed by atoms with Gasteiger partial charge in [-0.1, -0.05) is 35.8 Å².